The first-order valence-corrected chi connectivity index (χ1v) is 7.48. The first kappa shape index (κ1) is 15.3. The summed E-state index contributed by atoms with van der Waals surface area (Å²) >= 11 is 1.51. The van der Waals surface area contributed by atoms with Gasteiger partial charge < -0.3 is 20.5 Å². The van der Waals surface area contributed by atoms with E-state index >= 15 is 0 Å². The molecule has 1 aromatic heterocycles. The van der Waals surface area contributed by atoms with Crippen LogP contribution in [0.3, 0.4) is 0 Å². The summed E-state index contributed by atoms with van der Waals surface area (Å²) < 4.78 is 5.19. The predicted molar refractivity (Wildman–Crippen MR) is 83.8 cm³/mol. The van der Waals surface area contributed by atoms with Crippen LogP contribution in [0.5, 0.6) is 5.75 Å². The van der Waals surface area contributed by atoms with E-state index in [1.807, 2.05) is 41.1 Å². The number of carbonyl (C=O) groups excluding carboxylic acids is 1. The number of hydrogen-bond acceptors (Lipinski definition) is 5. The molecule has 2 rings (SSSR count). The summed E-state index contributed by atoms with van der Waals surface area (Å²) in [6.07, 6.45) is -0.675. The summed E-state index contributed by atoms with van der Waals surface area (Å²) in [7, 11) is 1.58. The number of aliphatic hydroxyl groups excluding tert-OH is 1. The summed E-state index contributed by atoms with van der Waals surface area (Å²) in [6, 6.07) is 9.23. The number of para-hydroxylation sites is 2. The van der Waals surface area contributed by atoms with Crippen LogP contribution in [-0.4, -0.2) is 31.2 Å². The second-order valence-electron chi connectivity index (χ2n) is 4.43. The summed E-state index contributed by atoms with van der Waals surface area (Å²) in [4.78, 5) is 11.8. The Hall–Kier alpha value is -2.05. The largest absolute Gasteiger partial charge is 0.495 e. The van der Waals surface area contributed by atoms with E-state index in [1.54, 1.807) is 7.11 Å². The number of ether oxygens (including phenoxy) is 1. The van der Waals surface area contributed by atoms with E-state index in [4.69, 9.17) is 4.74 Å². The predicted octanol–water partition coefficient (Wildman–Crippen LogP) is 2.02. The van der Waals surface area contributed by atoms with Crippen molar-refractivity contribution in [3.05, 3.63) is 46.7 Å². The van der Waals surface area contributed by atoms with Gasteiger partial charge in [0.05, 0.1) is 25.4 Å². The molecule has 3 N–H and O–H groups in total. The molecular formula is C15H18N2O3S. The average Bonchev–Trinajstić information content (AvgIpc) is 3.05. The Morgan fingerprint density at radius 1 is 1.38 bits per heavy atom. The fourth-order valence-corrected chi connectivity index (χ4v) is 2.53. The molecule has 0 saturated heterocycles. The van der Waals surface area contributed by atoms with Crippen molar-refractivity contribution in [3.63, 3.8) is 0 Å². The lowest BCUT2D eigenvalue weighted by molar-refractivity contribution is -0.119. The monoisotopic (exact) mass is 306 g/mol. The number of rotatable bonds is 7. The number of amides is 1. The Morgan fingerprint density at radius 2 is 2.19 bits per heavy atom. The number of benzene rings is 1. The molecule has 1 unspecified atom stereocenters. The van der Waals surface area contributed by atoms with Gasteiger partial charge in [0.1, 0.15) is 5.75 Å². The first-order chi connectivity index (χ1) is 10.2. The van der Waals surface area contributed by atoms with Crippen molar-refractivity contribution in [3.8, 4) is 5.75 Å². The van der Waals surface area contributed by atoms with Gasteiger partial charge in [-0.25, -0.2) is 0 Å². The van der Waals surface area contributed by atoms with Crippen molar-refractivity contribution in [1.82, 2.24) is 5.32 Å². The zero-order chi connectivity index (χ0) is 15.1. The van der Waals surface area contributed by atoms with Crippen molar-refractivity contribution in [1.29, 1.82) is 0 Å². The molecule has 0 aliphatic carbocycles. The van der Waals surface area contributed by atoms with Crippen LogP contribution >= 0.6 is 11.3 Å². The topological polar surface area (TPSA) is 70.6 Å². The molecule has 1 aromatic carbocycles. The summed E-state index contributed by atoms with van der Waals surface area (Å²) in [5.41, 5.74) is 1.58. The molecule has 6 heteroatoms. The van der Waals surface area contributed by atoms with Crippen molar-refractivity contribution in [2.45, 2.75) is 6.10 Å². The van der Waals surface area contributed by atoms with Crippen LogP contribution in [0.2, 0.25) is 0 Å². The maximum atomic E-state index is 11.8. The smallest absolute Gasteiger partial charge is 0.239 e. The molecule has 1 amide bonds. The van der Waals surface area contributed by atoms with E-state index in [1.165, 1.54) is 11.3 Å². The number of anilines is 1. The molecule has 0 saturated carbocycles. The van der Waals surface area contributed by atoms with Crippen molar-refractivity contribution in [2.75, 3.05) is 25.5 Å². The Balaban J connectivity index is 1.77. The van der Waals surface area contributed by atoms with Gasteiger partial charge in [-0.05, 0) is 34.5 Å². The van der Waals surface area contributed by atoms with Gasteiger partial charge >= 0.3 is 0 Å². The van der Waals surface area contributed by atoms with Crippen LogP contribution < -0.4 is 15.4 Å². The average molecular weight is 306 g/mol. The minimum atomic E-state index is -0.675. The Morgan fingerprint density at radius 3 is 2.90 bits per heavy atom. The lowest BCUT2D eigenvalue weighted by Crippen LogP contribution is -2.33. The molecule has 0 spiro atoms. The van der Waals surface area contributed by atoms with Crippen LogP contribution in [0.4, 0.5) is 5.69 Å². The Bertz CT molecular complexity index is 572. The summed E-state index contributed by atoms with van der Waals surface area (Å²) in [5, 5.41) is 19.3. The maximum Gasteiger partial charge on any atom is 0.239 e. The lowest BCUT2D eigenvalue weighted by atomic mass is 10.2. The second kappa shape index (κ2) is 7.66. The van der Waals surface area contributed by atoms with Crippen molar-refractivity contribution < 1.29 is 14.6 Å². The van der Waals surface area contributed by atoms with Crippen LogP contribution in [0.1, 0.15) is 11.7 Å². The van der Waals surface area contributed by atoms with Gasteiger partial charge in [-0.2, -0.15) is 11.3 Å². The molecular weight excluding hydrogens is 288 g/mol. The first-order valence-electron chi connectivity index (χ1n) is 6.54. The van der Waals surface area contributed by atoms with Crippen LogP contribution in [0, 0.1) is 0 Å². The standard InChI is InChI=1S/C15H18N2O3S/c1-20-14-5-3-2-4-12(14)16-9-15(19)17-8-13(18)11-6-7-21-10-11/h2-7,10,13,16,18H,8-9H2,1H3,(H,17,19). The summed E-state index contributed by atoms with van der Waals surface area (Å²) in [6.45, 7) is 0.319. The molecule has 2 aromatic rings. The highest BCUT2D eigenvalue weighted by molar-refractivity contribution is 7.07. The third kappa shape index (κ3) is 4.47. The molecule has 1 heterocycles. The normalized spacial score (nSPS) is 11.7. The van der Waals surface area contributed by atoms with E-state index in [0.717, 1.165) is 11.3 Å². The van der Waals surface area contributed by atoms with E-state index in [0.29, 0.717) is 5.75 Å². The number of thiophene rings is 1. The fourth-order valence-electron chi connectivity index (χ4n) is 1.82. The van der Waals surface area contributed by atoms with Gasteiger partial charge in [-0.3, -0.25) is 4.79 Å². The molecule has 0 bridgehead atoms. The molecule has 0 fully saturated rings. The highest BCUT2D eigenvalue weighted by atomic mass is 32.1. The second-order valence-corrected chi connectivity index (χ2v) is 5.21. The number of hydrogen-bond donors (Lipinski definition) is 3. The molecule has 112 valence electrons. The number of nitrogens with one attached hydrogen (secondary N) is 2. The fraction of sp³-hybridized carbons (Fsp3) is 0.267. The van der Waals surface area contributed by atoms with Crippen LogP contribution in [0.15, 0.2) is 41.1 Å². The number of aliphatic hydroxyl groups is 1. The zero-order valence-corrected chi connectivity index (χ0v) is 12.5. The van der Waals surface area contributed by atoms with Crippen LogP contribution in [-0.2, 0) is 4.79 Å². The number of carbonyl (C=O) groups is 1. The highest BCUT2D eigenvalue weighted by Gasteiger charge is 2.10. The molecule has 5 nitrogen and oxygen atoms in total. The Labute approximate surface area is 127 Å². The molecule has 0 aliphatic rings. The minimum absolute atomic E-state index is 0.122. The molecule has 1 atom stereocenters. The molecule has 21 heavy (non-hydrogen) atoms. The van der Waals surface area contributed by atoms with Gasteiger partial charge in [0.2, 0.25) is 5.91 Å². The maximum absolute atomic E-state index is 11.8. The SMILES string of the molecule is COc1ccccc1NCC(=O)NCC(O)c1ccsc1. The van der Waals surface area contributed by atoms with Gasteiger partial charge in [0.15, 0.2) is 0 Å². The third-order valence-corrected chi connectivity index (χ3v) is 3.67. The van der Waals surface area contributed by atoms with Crippen LogP contribution in [0.25, 0.3) is 0 Å². The number of methoxy groups -OCH3 is 1. The van der Waals surface area contributed by atoms with Crippen molar-refractivity contribution in [2.24, 2.45) is 0 Å². The third-order valence-electron chi connectivity index (χ3n) is 2.97. The van der Waals surface area contributed by atoms with E-state index in [9.17, 15) is 9.90 Å². The zero-order valence-electron chi connectivity index (χ0n) is 11.7. The summed E-state index contributed by atoms with van der Waals surface area (Å²) in [5.74, 6) is 0.499. The highest BCUT2D eigenvalue weighted by Crippen LogP contribution is 2.22. The molecule has 0 radical (unpaired) electrons. The minimum Gasteiger partial charge on any atom is -0.495 e. The van der Waals surface area contributed by atoms with E-state index in [-0.39, 0.29) is 19.0 Å². The van der Waals surface area contributed by atoms with Gasteiger partial charge in [-0.15, -0.1) is 0 Å². The van der Waals surface area contributed by atoms with E-state index in [2.05, 4.69) is 10.6 Å². The quantitative estimate of drug-likeness (QED) is 0.732. The van der Waals surface area contributed by atoms with Gasteiger partial charge in [0.25, 0.3) is 0 Å². The lowest BCUT2D eigenvalue weighted by Gasteiger charge is -2.13. The van der Waals surface area contributed by atoms with Gasteiger partial charge in [0, 0.05) is 6.54 Å². The Kier molecular flexibility index (Phi) is 5.59. The van der Waals surface area contributed by atoms with Crippen molar-refractivity contribution >= 4 is 22.9 Å². The van der Waals surface area contributed by atoms with Gasteiger partial charge in [-0.1, -0.05) is 12.1 Å². The van der Waals surface area contributed by atoms with E-state index < -0.39 is 6.10 Å². The molecule has 0 aliphatic heterocycles.